The molecule has 0 bridgehead atoms. The minimum atomic E-state index is -0.833. The highest BCUT2D eigenvalue weighted by Gasteiger charge is 2.22. The van der Waals surface area contributed by atoms with Crippen LogP contribution in [0.3, 0.4) is 0 Å². The first-order valence-corrected chi connectivity index (χ1v) is 5.47. The second kappa shape index (κ2) is 4.89. The normalized spacial score (nSPS) is 19.7. The molecule has 2 N–H and O–H groups in total. The molecule has 2 rings (SSSR count). The Bertz CT molecular complexity index is 364. The van der Waals surface area contributed by atoms with Crippen LogP contribution in [0.2, 0.25) is 0 Å². The maximum absolute atomic E-state index is 13.1. The summed E-state index contributed by atoms with van der Waals surface area (Å²) in [6.45, 7) is 1.39. The molecule has 1 aliphatic heterocycles. The number of hydrogen-bond donors (Lipinski definition) is 1. The van der Waals surface area contributed by atoms with Gasteiger partial charge in [-0.1, -0.05) is 6.07 Å². The predicted molar refractivity (Wildman–Crippen MR) is 56.8 cm³/mol. The van der Waals surface area contributed by atoms with Crippen molar-refractivity contribution in [2.24, 2.45) is 11.7 Å². The summed E-state index contributed by atoms with van der Waals surface area (Å²) in [6.07, 6.45) is 1.75. The van der Waals surface area contributed by atoms with E-state index < -0.39 is 11.6 Å². The predicted octanol–water partition coefficient (Wildman–Crippen LogP) is 2.39. The zero-order valence-electron chi connectivity index (χ0n) is 8.96. The molecular formula is C12H15F2NO. The Labute approximate surface area is 93.4 Å². The van der Waals surface area contributed by atoms with Gasteiger partial charge in [0.15, 0.2) is 11.6 Å². The lowest BCUT2D eigenvalue weighted by Gasteiger charge is -2.27. The van der Waals surface area contributed by atoms with Crippen LogP contribution >= 0.6 is 0 Å². The van der Waals surface area contributed by atoms with E-state index in [0.717, 1.165) is 18.9 Å². The number of ether oxygens (including phenoxy) is 1. The van der Waals surface area contributed by atoms with Crippen LogP contribution in [0.5, 0.6) is 0 Å². The van der Waals surface area contributed by atoms with E-state index in [2.05, 4.69) is 0 Å². The fraction of sp³-hybridized carbons (Fsp3) is 0.500. The van der Waals surface area contributed by atoms with Crippen LogP contribution in [0.1, 0.15) is 24.4 Å². The summed E-state index contributed by atoms with van der Waals surface area (Å²) in [7, 11) is 0. The molecule has 1 saturated heterocycles. The van der Waals surface area contributed by atoms with Crippen molar-refractivity contribution in [1.82, 2.24) is 0 Å². The standard InChI is InChI=1S/C12H15F2NO/c13-10-2-1-9(7-11(10)14)12(15)8-3-5-16-6-4-8/h1-2,7-8,12H,3-6,15H2. The van der Waals surface area contributed by atoms with Crippen molar-refractivity contribution in [3.8, 4) is 0 Å². The van der Waals surface area contributed by atoms with Gasteiger partial charge in [0.05, 0.1) is 0 Å². The van der Waals surface area contributed by atoms with Gasteiger partial charge in [-0.05, 0) is 36.5 Å². The number of halogens is 2. The second-order valence-electron chi connectivity index (χ2n) is 4.15. The molecule has 16 heavy (non-hydrogen) atoms. The summed E-state index contributed by atoms with van der Waals surface area (Å²) >= 11 is 0. The quantitative estimate of drug-likeness (QED) is 0.842. The van der Waals surface area contributed by atoms with Crippen molar-refractivity contribution in [3.05, 3.63) is 35.4 Å². The van der Waals surface area contributed by atoms with Crippen molar-refractivity contribution in [2.45, 2.75) is 18.9 Å². The highest BCUT2D eigenvalue weighted by Crippen LogP contribution is 2.28. The molecule has 0 saturated carbocycles. The molecule has 1 aromatic rings. The Morgan fingerprint density at radius 3 is 2.50 bits per heavy atom. The monoisotopic (exact) mass is 227 g/mol. The average Bonchev–Trinajstić information content (AvgIpc) is 2.33. The lowest BCUT2D eigenvalue weighted by Crippen LogP contribution is -2.27. The van der Waals surface area contributed by atoms with Gasteiger partial charge in [-0.15, -0.1) is 0 Å². The third-order valence-corrected chi connectivity index (χ3v) is 3.10. The van der Waals surface area contributed by atoms with E-state index in [1.54, 1.807) is 6.07 Å². The van der Waals surface area contributed by atoms with Crippen LogP contribution in [0.15, 0.2) is 18.2 Å². The minimum absolute atomic E-state index is 0.237. The van der Waals surface area contributed by atoms with Crippen LogP contribution in [-0.2, 0) is 4.74 Å². The van der Waals surface area contributed by atoms with Crippen molar-refractivity contribution in [2.75, 3.05) is 13.2 Å². The molecule has 4 heteroatoms. The fourth-order valence-electron chi connectivity index (χ4n) is 2.07. The Balaban J connectivity index is 2.12. The maximum Gasteiger partial charge on any atom is 0.159 e. The molecule has 1 atom stereocenters. The molecular weight excluding hydrogens is 212 g/mol. The van der Waals surface area contributed by atoms with Gasteiger partial charge < -0.3 is 10.5 Å². The number of benzene rings is 1. The summed E-state index contributed by atoms with van der Waals surface area (Å²) in [5.41, 5.74) is 6.70. The zero-order valence-corrected chi connectivity index (χ0v) is 8.96. The Morgan fingerprint density at radius 2 is 1.88 bits per heavy atom. The summed E-state index contributed by atoms with van der Waals surface area (Å²) in [5.74, 6) is -1.37. The average molecular weight is 227 g/mol. The summed E-state index contributed by atoms with van der Waals surface area (Å²) in [6, 6.07) is 3.64. The Hall–Kier alpha value is -1.00. The van der Waals surface area contributed by atoms with Crippen molar-refractivity contribution in [3.63, 3.8) is 0 Å². The van der Waals surface area contributed by atoms with E-state index in [1.165, 1.54) is 6.07 Å². The lowest BCUT2D eigenvalue weighted by molar-refractivity contribution is 0.0583. The largest absolute Gasteiger partial charge is 0.381 e. The van der Waals surface area contributed by atoms with Gasteiger partial charge in [-0.25, -0.2) is 8.78 Å². The lowest BCUT2D eigenvalue weighted by atomic mass is 9.88. The minimum Gasteiger partial charge on any atom is -0.381 e. The first kappa shape index (κ1) is 11.5. The van der Waals surface area contributed by atoms with Crippen LogP contribution in [0.25, 0.3) is 0 Å². The van der Waals surface area contributed by atoms with E-state index in [1.807, 2.05) is 0 Å². The summed E-state index contributed by atoms with van der Waals surface area (Å²) < 4.78 is 31.1. The molecule has 0 radical (unpaired) electrons. The molecule has 1 fully saturated rings. The molecule has 0 aromatic heterocycles. The van der Waals surface area contributed by atoms with Gasteiger partial charge in [-0.3, -0.25) is 0 Å². The number of hydrogen-bond acceptors (Lipinski definition) is 2. The Kier molecular flexibility index (Phi) is 3.51. The molecule has 1 aliphatic rings. The summed E-state index contributed by atoms with van der Waals surface area (Å²) in [5, 5.41) is 0. The van der Waals surface area contributed by atoms with E-state index >= 15 is 0 Å². The van der Waals surface area contributed by atoms with Crippen molar-refractivity contribution in [1.29, 1.82) is 0 Å². The highest BCUT2D eigenvalue weighted by molar-refractivity contribution is 5.21. The van der Waals surface area contributed by atoms with E-state index in [-0.39, 0.29) is 6.04 Å². The van der Waals surface area contributed by atoms with Crippen LogP contribution < -0.4 is 5.73 Å². The number of rotatable bonds is 2. The van der Waals surface area contributed by atoms with Crippen LogP contribution in [-0.4, -0.2) is 13.2 Å². The van der Waals surface area contributed by atoms with Gasteiger partial charge in [0.25, 0.3) is 0 Å². The highest BCUT2D eigenvalue weighted by atomic mass is 19.2. The maximum atomic E-state index is 13.1. The smallest absolute Gasteiger partial charge is 0.159 e. The van der Waals surface area contributed by atoms with E-state index in [0.29, 0.717) is 24.7 Å². The van der Waals surface area contributed by atoms with Crippen LogP contribution in [0, 0.1) is 17.6 Å². The van der Waals surface area contributed by atoms with Crippen LogP contribution in [0.4, 0.5) is 8.78 Å². The second-order valence-corrected chi connectivity index (χ2v) is 4.15. The van der Waals surface area contributed by atoms with Gasteiger partial charge in [0.2, 0.25) is 0 Å². The first-order chi connectivity index (χ1) is 7.68. The van der Waals surface area contributed by atoms with Gasteiger partial charge in [0, 0.05) is 19.3 Å². The third-order valence-electron chi connectivity index (χ3n) is 3.10. The van der Waals surface area contributed by atoms with E-state index in [4.69, 9.17) is 10.5 Å². The third kappa shape index (κ3) is 2.39. The molecule has 88 valence electrons. The van der Waals surface area contributed by atoms with Gasteiger partial charge in [-0.2, -0.15) is 0 Å². The van der Waals surface area contributed by atoms with Crippen molar-refractivity contribution < 1.29 is 13.5 Å². The molecule has 0 spiro atoms. The topological polar surface area (TPSA) is 35.2 Å². The molecule has 0 aliphatic carbocycles. The zero-order chi connectivity index (χ0) is 11.5. The fourth-order valence-corrected chi connectivity index (χ4v) is 2.07. The molecule has 1 unspecified atom stereocenters. The van der Waals surface area contributed by atoms with E-state index in [9.17, 15) is 8.78 Å². The summed E-state index contributed by atoms with van der Waals surface area (Å²) in [4.78, 5) is 0. The molecule has 0 amide bonds. The molecule has 1 aromatic carbocycles. The van der Waals surface area contributed by atoms with Gasteiger partial charge >= 0.3 is 0 Å². The van der Waals surface area contributed by atoms with Crippen molar-refractivity contribution >= 4 is 0 Å². The first-order valence-electron chi connectivity index (χ1n) is 5.47. The number of nitrogens with two attached hydrogens (primary N) is 1. The molecule has 2 nitrogen and oxygen atoms in total. The molecule has 1 heterocycles. The SMILES string of the molecule is NC(c1ccc(F)c(F)c1)C1CCOCC1. The Morgan fingerprint density at radius 1 is 1.19 bits per heavy atom. The van der Waals surface area contributed by atoms with Gasteiger partial charge in [0.1, 0.15) is 0 Å².